The number of fused-ring (bicyclic) bond motifs is 1. The number of ether oxygens (including phenoxy) is 1. The van der Waals surface area contributed by atoms with E-state index in [1.165, 1.54) is 22.7 Å². The van der Waals surface area contributed by atoms with Gasteiger partial charge in [0.25, 0.3) is 5.91 Å². The molecule has 3 heterocycles. The van der Waals surface area contributed by atoms with Gasteiger partial charge in [-0.1, -0.05) is 18.2 Å². The van der Waals surface area contributed by atoms with Crippen molar-refractivity contribution < 1.29 is 19.7 Å². The van der Waals surface area contributed by atoms with Gasteiger partial charge in [-0.05, 0) is 30.8 Å². The van der Waals surface area contributed by atoms with Gasteiger partial charge in [0.2, 0.25) is 0 Å². The highest BCUT2D eigenvalue weighted by Crippen LogP contribution is 2.33. The van der Waals surface area contributed by atoms with E-state index in [0.717, 1.165) is 4.90 Å². The van der Waals surface area contributed by atoms with Crippen LogP contribution in [0.15, 0.2) is 46.7 Å². The van der Waals surface area contributed by atoms with Gasteiger partial charge in [0.1, 0.15) is 17.7 Å². The molecule has 29 heavy (non-hydrogen) atoms. The molecule has 1 aliphatic heterocycles. The summed E-state index contributed by atoms with van der Waals surface area (Å²) in [5, 5.41) is 23.7. The van der Waals surface area contributed by atoms with E-state index in [0.29, 0.717) is 22.9 Å². The molecule has 152 valence electrons. The van der Waals surface area contributed by atoms with E-state index in [-0.39, 0.29) is 5.82 Å². The Kier molecular flexibility index (Phi) is 5.37. The molecule has 1 fully saturated rings. The van der Waals surface area contributed by atoms with Crippen molar-refractivity contribution in [3.05, 3.63) is 36.7 Å². The number of aliphatic hydroxyl groups is 2. The van der Waals surface area contributed by atoms with E-state index >= 15 is 0 Å². The number of nitrogens with zero attached hydrogens (tertiary/aromatic N) is 4. The quantitative estimate of drug-likeness (QED) is 0.431. The number of hydrogen-bond acceptors (Lipinski definition) is 9. The maximum absolute atomic E-state index is 12.1. The normalized spacial score (nSPS) is 24.1. The van der Waals surface area contributed by atoms with Crippen molar-refractivity contribution in [1.29, 1.82) is 0 Å². The predicted octanol–water partition coefficient (Wildman–Crippen LogP) is 0.315. The first-order valence-electron chi connectivity index (χ1n) is 9.02. The zero-order valence-electron chi connectivity index (χ0n) is 15.5. The lowest BCUT2D eigenvalue weighted by atomic mass is 10.1. The summed E-state index contributed by atoms with van der Waals surface area (Å²) in [7, 11) is 0. The summed E-state index contributed by atoms with van der Waals surface area (Å²) in [5.74, 6) is -0.319. The highest BCUT2D eigenvalue weighted by molar-refractivity contribution is 7.99. The summed E-state index contributed by atoms with van der Waals surface area (Å²) >= 11 is 1.32. The second-order valence-electron chi connectivity index (χ2n) is 6.45. The monoisotopic (exact) mass is 416 g/mol. The van der Waals surface area contributed by atoms with E-state index in [1.54, 1.807) is 6.92 Å². The van der Waals surface area contributed by atoms with Crippen LogP contribution in [0.4, 0.5) is 5.82 Å². The number of anilines is 1. The van der Waals surface area contributed by atoms with E-state index in [1.807, 2.05) is 30.3 Å². The molecular formula is C18H20N6O4S. The first kappa shape index (κ1) is 19.6. The molecule has 0 unspecified atom stereocenters. The average Bonchev–Trinajstić information content (AvgIpc) is 3.25. The topological polar surface area (TPSA) is 148 Å². The Morgan fingerprint density at radius 3 is 2.76 bits per heavy atom. The van der Waals surface area contributed by atoms with Crippen LogP contribution in [0.1, 0.15) is 13.2 Å². The summed E-state index contributed by atoms with van der Waals surface area (Å²) in [6.07, 6.45) is -3.59. The fraction of sp³-hybridized carbons (Fsp3) is 0.333. The smallest absolute Gasteiger partial charge is 0.252 e. The van der Waals surface area contributed by atoms with Gasteiger partial charge in [0.05, 0.1) is 6.33 Å². The lowest BCUT2D eigenvalue weighted by Crippen LogP contribution is -2.42. The second kappa shape index (κ2) is 7.95. The number of aromatic nitrogens is 4. The molecule has 10 nitrogen and oxygen atoms in total. The van der Waals surface area contributed by atoms with Crippen LogP contribution in [0.25, 0.3) is 11.2 Å². The third-order valence-corrected chi connectivity index (χ3v) is 5.38. The van der Waals surface area contributed by atoms with Crippen molar-refractivity contribution in [1.82, 2.24) is 24.8 Å². The number of carbonyl (C=O) groups is 1. The van der Waals surface area contributed by atoms with Crippen LogP contribution in [-0.2, 0) is 9.53 Å². The third-order valence-electron chi connectivity index (χ3n) is 4.50. The molecule has 1 saturated heterocycles. The average molecular weight is 416 g/mol. The molecule has 4 rings (SSSR count). The van der Waals surface area contributed by atoms with Crippen molar-refractivity contribution in [3.63, 3.8) is 0 Å². The van der Waals surface area contributed by atoms with Crippen LogP contribution >= 0.6 is 11.8 Å². The molecule has 0 aliphatic carbocycles. The van der Waals surface area contributed by atoms with Crippen LogP contribution in [0.3, 0.4) is 0 Å². The van der Waals surface area contributed by atoms with Crippen molar-refractivity contribution in [2.75, 3.05) is 12.3 Å². The minimum Gasteiger partial charge on any atom is -0.387 e. The van der Waals surface area contributed by atoms with Gasteiger partial charge in [0.15, 0.2) is 29.0 Å². The number of amides is 1. The van der Waals surface area contributed by atoms with E-state index in [9.17, 15) is 15.0 Å². The Labute approximate surface area is 170 Å². The Bertz CT molecular complexity index is 1030. The molecule has 1 aromatic carbocycles. The molecule has 11 heteroatoms. The van der Waals surface area contributed by atoms with Crippen LogP contribution in [0.2, 0.25) is 0 Å². The molecule has 4 atom stereocenters. The van der Waals surface area contributed by atoms with Gasteiger partial charge in [-0.15, -0.1) is 0 Å². The molecule has 1 aliphatic rings. The Balaban J connectivity index is 1.68. The van der Waals surface area contributed by atoms with Crippen molar-refractivity contribution in [2.24, 2.45) is 0 Å². The molecule has 2 aromatic heterocycles. The molecule has 0 spiro atoms. The Morgan fingerprint density at radius 1 is 1.28 bits per heavy atom. The number of benzene rings is 1. The van der Waals surface area contributed by atoms with E-state index < -0.39 is 30.4 Å². The van der Waals surface area contributed by atoms with Gasteiger partial charge < -0.3 is 26.0 Å². The summed E-state index contributed by atoms with van der Waals surface area (Å²) in [5.41, 5.74) is 6.72. The predicted molar refractivity (Wildman–Crippen MR) is 105 cm³/mol. The number of rotatable bonds is 5. The molecule has 1 amide bonds. The minimum atomic E-state index is -1.39. The summed E-state index contributed by atoms with van der Waals surface area (Å²) in [4.78, 5) is 26.0. The van der Waals surface area contributed by atoms with Crippen LogP contribution in [-0.4, -0.2) is 60.5 Å². The number of imidazole rings is 1. The number of hydrogen-bond donors (Lipinski definition) is 4. The maximum Gasteiger partial charge on any atom is 0.252 e. The Hall–Kier alpha value is -2.73. The van der Waals surface area contributed by atoms with Crippen LogP contribution in [0.5, 0.6) is 0 Å². The number of nitrogens with one attached hydrogen (secondary N) is 1. The Morgan fingerprint density at radius 2 is 2.03 bits per heavy atom. The lowest BCUT2D eigenvalue weighted by molar-refractivity contribution is -0.137. The zero-order chi connectivity index (χ0) is 20.5. The van der Waals surface area contributed by atoms with Gasteiger partial charge in [-0.3, -0.25) is 9.36 Å². The van der Waals surface area contributed by atoms with Crippen LogP contribution in [0, 0.1) is 0 Å². The molecular weight excluding hydrogens is 396 g/mol. The summed E-state index contributed by atoms with van der Waals surface area (Å²) < 4.78 is 7.11. The zero-order valence-corrected chi connectivity index (χ0v) is 16.3. The van der Waals surface area contributed by atoms with E-state index in [4.69, 9.17) is 10.5 Å². The standard InChI is InChI=1S/C18H20N6O4S/c1-2-20-16(27)13-11(25)12(26)17(28-13)24-8-21-10-14(19)22-18(23-15(10)24)29-9-6-4-3-5-7-9/h3-8,11-13,17,25-26H,2H2,1H3,(H,20,27)(H2,19,22,23)/t11-,12+,13-,17+/m0/s1. The number of likely N-dealkylation sites (N-methyl/N-ethyl adjacent to an activating group) is 1. The second-order valence-corrected chi connectivity index (χ2v) is 7.49. The van der Waals surface area contributed by atoms with Gasteiger partial charge in [0, 0.05) is 11.4 Å². The number of nitrogens with two attached hydrogens (primary N) is 1. The highest BCUT2D eigenvalue weighted by atomic mass is 32.2. The van der Waals surface area contributed by atoms with Crippen molar-refractivity contribution >= 4 is 34.7 Å². The van der Waals surface area contributed by atoms with E-state index in [2.05, 4.69) is 20.3 Å². The summed E-state index contributed by atoms with van der Waals surface area (Å²) in [6, 6.07) is 9.55. The third kappa shape index (κ3) is 3.65. The summed E-state index contributed by atoms with van der Waals surface area (Å²) in [6.45, 7) is 2.13. The molecule has 0 bridgehead atoms. The van der Waals surface area contributed by atoms with Crippen molar-refractivity contribution in [3.8, 4) is 0 Å². The maximum atomic E-state index is 12.1. The van der Waals surface area contributed by atoms with Crippen LogP contribution < -0.4 is 11.1 Å². The molecule has 0 radical (unpaired) electrons. The molecule has 0 saturated carbocycles. The number of carbonyl (C=O) groups excluding carboxylic acids is 1. The minimum absolute atomic E-state index is 0.181. The molecule has 5 N–H and O–H groups in total. The SMILES string of the molecule is CCNC(=O)[C@H]1O[C@@H](n2cnc3c(N)nc(Sc4ccccc4)nc32)[C@H](O)[C@@H]1O. The fourth-order valence-corrected chi connectivity index (χ4v) is 3.90. The highest BCUT2D eigenvalue weighted by Gasteiger charge is 2.47. The largest absolute Gasteiger partial charge is 0.387 e. The van der Waals surface area contributed by atoms with Gasteiger partial charge >= 0.3 is 0 Å². The first-order chi connectivity index (χ1) is 14.0. The van der Waals surface area contributed by atoms with Crippen molar-refractivity contribution in [2.45, 2.75) is 41.5 Å². The molecule has 3 aromatic rings. The number of nitrogen functional groups attached to an aromatic ring is 1. The first-order valence-corrected chi connectivity index (χ1v) is 9.83. The number of aliphatic hydroxyl groups excluding tert-OH is 2. The lowest BCUT2D eigenvalue weighted by Gasteiger charge is -2.16. The fourth-order valence-electron chi connectivity index (χ4n) is 3.12. The van der Waals surface area contributed by atoms with Gasteiger partial charge in [-0.2, -0.15) is 0 Å². The van der Waals surface area contributed by atoms with Gasteiger partial charge in [-0.25, -0.2) is 15.0 Å².